The van der Waals surface area contributed by atoms with Crippen LogP contribution in [0, 0.1) is 5.92 Å². The Bertz CT molecular complexity index is 1190. The number of likely N-dealkylation sites (tertiary alicyclic amines) is 1. The van der Waals surface area contributed by atoms with E-state index in [1.54, 1.807) is 17.8 Å². The van der Waals surface area contributed by atoms with Gasteiger partial charge in [-0.25, -0.2) is 4.99 Å². The van der Waals surface area contributed by atoms with Gasteiger partial charge in [-0.2, -0.15) is 9.78 Å². The number of amides is 1. The SMILES string of the molecule is C/C(Cl)=C(/N)n1ncc(-c2cnc3ccccc3c2)c1/N=C/CN1CCC(C(N)=O)CC1. The van der Waals surface area contributed by atoms with Crippen LogP contribution in [0.25, 0.3) is 27.9 Å². The number of allylic oxidation sites excluding steroid dienone is 1. The molecule has 3 heterocycles. The van der Waals surface area contributed by atoms with E-state index >= 15 is 0 Å². The number of piperidine rings is 1. The maximum Gasteiger partial charge on any atom is 0.220 e. The molecule has 8 nitrogen and oxygen atoms in total. The highest BCUT2D eigenvalue weighted by molar-refractivity contribution is 6.31. The van der Waals surface area contributed by atoms with Gasteiger partial charge in [0.1, 0.15) is 5.82 Å². The third-order valence-electron chi connectivity index (χ3n) is 5.77. The number of carbonyl (C=O) groups excluding carboxylic acids is 1. The molecule has 1 aliphatic rings. The number of pyridine rings is 1. The summed E-state index contributed by atoms with van der Waals surface area (Å²) in [7, 11) is 0. The number of rotatable bonds is 6. The molecule has 1 aliphatic heterocycles. The Labute approximate surface area is 191 Å². The number of hydrogen-bond acceptors (Lipinski definition) is 6. The second-order valence-electron chi connectivity index (χ2n) is 7.92. The van der Waals surface area contributed by atoms with Gasteiger partial charge in [-0.1, -0.05) is 29.8 Å². The minimum Gasteiger partial charge on any atom is -0.383 e. The monoisotopic (exact) mass is 451 g/mol. The van der Waals surface area contributed by atoms with E-state index in [2.05, 4.69) is 21.0 Å². The molecular weight excluding hydrogens is 426 g/mol. The third-order valence-corrected chi connectivity index (χ3v) is 5.96. The molecule has 0 spiro atoms. The summed E-state index contributed by atoms with van der Waals surface area (Å²) in [6, 6.07) is 10.00. The summed E-state index contributed by atoms with van der Waals surface area (Å²) < 4.78 is 1.54. The predicted molar refractivity (Wildman–Crippen MR) is 128 cm³/mol. The van der Waals surface area contributed by atoms with Gasteiger partial charge in [-0.15, -0.1) is 0 Å². The Hall–Kier alpha value is -3.23. The number of carbonyl (C=O) groups is 1. The number of para-hydroxylation sites is 1. The average molecular weight is 452 g/mol. The normalized spacial score (nSPS) is 16.6. The number of aliphatic imine (C=N–C) groups is 1. The molecule has 2 aromatic heterocycles. The second-order valence-corrected chi connectivity index (χ2v) is 8.48. The van der Waals surface area contributed by atoms with Gasteiger partial charge in [0.25, 0.3) is 0 Å². The van der Waals surface area contributed by atoms with E-state index < -0.39 is 0 Å². The van der Waals surface area contributed by atoms with Gasteiger partial charge in [-0.3, -0.25) is 14.7 Å². The molecule has 0 unspecified atom stereocenters. The van der Waals surface area contributed by atoms with E-state index in [0.717, 1.165) is 48.0 Å². The first-order valence-corrected chi connectivity index (χ1v) is 10.9. The van der Waals surface area contributed by atoms with Crippen molar-refractivity contribution in [2.45, 2.75) is 19.8 Å². The van der Waals surface area contributed by atoms with E-state index in [4.69, 9.17) is 28.1 Å². The Morgan fingerprint density at radius 2 is 2.00 bits per heavy atom. The number of halogens is 1. The topological polar surface area (TPSA) is 115 Å². The van der Waals surface area contributed by atoms with E-state index in [1.165, 1.54) is 0 Å². The molecule has 1 saturated heterocycles. The van der Waals surface area contributed by atoms with Gasteiger partial charge < -0.3 is 11.5 Å². The maximum absolute atomic E-state index is 11.4. The molecule has 4 N–H and O–H groups in total. The Kier molecular flexibility index (Phi) is 6.53. The summed E-state index contributed by atoms with van der Waals surface area (Å²) in [6.07, 6.45) is 6.92. The van der Waals surface area contributed by atoms with Crippen LogP contribution in [0.4, 0.5) is 5.82 Å². The average Bonchev–Trinajstić information content (AvgIpc) is 3.22. The largest absolute Gasteiger partial charge is 0.383 e. The lowest BCUT2D eigenvalue weighted by Gasteiger charge is -2.29. The zero-order valence-electron chi connectivity index (χ0n) is 17.9. The zero-order valence-corrected chi connectivity index (χ0v) is 18.7. The van der Waals surface area contributed by atoms with Gasteiger partial charge in [0.2, 0.25) is 5.91 Å². The van der Waals surface area contributed by atoms with Crippen molar-refractivity contribution in [2.75, 3.05) is 19.6 Å². The van der Waals surface area contributed by atoms with Crippen LogP contribution in [-0.4, -0.2) is 51.4 Å². The molecule has 3 aromatic rings. The predicted octanol–water partition coefficient (Wildman–Crippen LogP) is 3.34. The first-order valence-electron chi connectivity index (χ1n) is 10.5. The lowest BCUT2D eigenvalue weighted by molar-refractivity contribution is -0.123. The van der Waals surface area contributed by atoms with Crippen LogP contribution in [0.15, 0.2) is 52.8 Å². The van der Waals surface area contributed by atoms with Crippen molar-refractivity contribution in [1.82, 2.24) is 19.7 Å². The maximum atomic E-state index is 11.4. The number of fused-ring (bicyclic) bond motifs is 1. The quantitative estimate of drug-likeness (QED) is 0.557. The standard InChI is InChI=1S/C23H26ClN7O/c1-15(24)21(25)31-23(27-8-11-30-9-6-16(7-10-30)22(26)32)19(14-29-31)18-12-17-4-2-3-5-20(17)28-13-18/h2-5,8,12-14,16H,6-7,9-11,25H2,1H3,(H2,26,32)/b21-15+,27-8+. The van der Waals surface area contributed by atoms with E-state index in [1.807, 2.05) is 36.7 Å². The fourth-order valence-electron chi connectivity index (χ4n) is 3.85. The molecule has 0 saturated carbocycles. The van der Waals surface area contributed by atoms with E-state index in [0.29, 0.717) is 23.2 Å². The first kappa shape index (κ1) is 22.0. The van der Waals surface area contributed by atoms with E-state index in [-0.39, 0.29) is 11.8 Å². The zero-order chi connectivity index (χ0) is 22.7. The van der Waals surface area contributed by atoms with Crippen molar-refractivity contribution >= 4 is 46.3 Å². The lowest BCUT2D eigenvalue weighted by Crippen LogP contribution is -2.39. The van der Waals surface area contributed by atoms with Gasteiger partial charge in [0.05, 0.1) is 16.7 Å². The van der Waals surface area contributed by atoms with Gasteiger partial charge >= 0.3 is 0 Å². The van der Waals surface area contributed by atoms with Crippen LogP contribution in [0.2, 0.25) is 0 Å². The molecule has 1 amide bonds. The number of nitrogens with zero attached hydrogens (tertiary/aromatic N) is 5. The lowest BCUT2D eigenvalue weighted by atomic mass is 9.96. The molecule has 1 fully saturated rings. The molecule has 9 heteroatoms. The van der Waals surface area contributed by atoms with Crippen LogP contribution < -0.4 is 11.5 Å². The van der Waals surface area contributed by atoms with E-state index in [9.17, 15) is 4.79 Å². The van der Waals surface area contributed by atoms with Gasteiger partial charge in [-0.05, 0) is 45.0 Å². The summed E-state index contributed by atoms with van der Waals surface area (Å²) >= 11 is 6.15. The number of primary amides is 1. The minimum atomic E-state index is -0.213. The van der Waals surface area contributed by atoms with Crippen molar-refractivity contribution in [3.8, 4) is 11.1 Å². The number of hydrogen-bond donors (Lipinski definition) is 2. The molecule has 0 aliphatic carbocycles. The Morgan fingerprint density at radius 3 is 2.72 bits per heavy atom. The molecular formula is C23H26ClN7O. The van der Waals surface area contributed by atoms with Crippen molar-refractivity contribution in [2.24, 2.45) is 22.4 Å². The molecule has 1 aromatic carbocycles. The highest BCUT2D eigenvalue weighted by Gasteiger charge is 2.22. The first-order chi connectivity index (χ1) is 15.4. The van der Waals surface area contributed by atoms with Gasteiger partial charge in [0.15, 0.2) is 5.82 Å². The van der Waals surface area contributed by atoms with Crippen LogP contribution in [0.3, 0.4) is 0 Å². The van der Waals surface area contributed by atoms with Crippen molar-refractivity contribution in [3.05, 3.63) is 47.8 Å². The Morgan fingerprint density at radius 1 is 1.25 bits per heavy atom. The van der Waals surface area contributed by atoms with Crippen LogP contribution in [0.5, 0.6) is 0 Å². The summed E-state index contributed by atoms with van der Waals surface area (Å²) in [5.41, 5.74) is 14.2. The third kappa shape index (κ3) is 4.66. The molecule has 32 heavy (non-hydrogen) atoms. The minimum absolute atomic E-state index is 0.0340. The number of nitrogens with two attached hydrogens (primary N) is 2. The smallest absolute Gasteiger partial charge is 0.220 e. The Balaban J connectivity index is 1.62. The summed E-state index contributed by atoms with van der Waals surface area (Å²) in [6.45, 7) is 3.98. The van der Waals surface area contributed by atoms with Crippen molar-refractivity contribution in [3.63, 3.8) is 0 Å². The van der Waals surface area contributed by atoms with Crippen LogP contribution in [-0.2, 0) is 4.79 Å². The molecule has 166 valence electrons. The van der Waals surface area contributed by atoms with Crippen LogP contribution >= 0.6 is 11.6 Å². The highest BCUT2D eigenvalue weighted by Crippen LogP contribution is 2.33. The summed E-state index contributed by atoms with van der Waals surface area (Å²) in [5.74, 6) is 0.663. The summed E-state index contributed by atoms with van der Waals surface area (Å²) in [5, 5.41) is 5.89. The van der Waals surface area contributed by atoms with Gasteiger partial charge in [0, 0.05) is 41.4 Å². The van der Waals surface area contributed by atoms with Crippen LogP contribution in [0.1, 0.15) is 19.8 Å². The molecule has 0 bridgehead atoms. The van der Waals surface area contributed by atoms with Crippen molar-refractivity contribution in [1.29, 1.82) is 0 Å². The fraction of sp³-hybridized carbons (Fsp3) is 0.304. The second kappa shape index (κ2) is 9.50. The van der Waals surface area contributed by atoms with Crippen molar-refractivity contribution < 1.29 is 4.79 Å². The molecule has 0 atom stereocenters. The molecule has 0 radical (unpaired) electrons. The molecule has 4 rings (SSSR count). The number of aromatic nitrogens is 3. The summed E-state index contributed by atoms with van der Waals surface area (Å²) in [4.78, 5) is 22.9. The number of benzene rings is 1. The highest BCUT2D eigenvalue weighted by atomic mass is 35.5. The fourth-order valence-corrected chi connectivity index (χ4v) is 3.93.